The summed E-state index contributed by atoms with van der Waals surface area (Å²) in [5.41, 5.74) is 3.75. The molecule has 1 aliphatic heterocycles. The Balaban J connectivity index is 1.61. The quantitative estimate of drug-likeness (QED) is 0.470. The summed E-state index contributed by atoms with van der Waals surface area (Å²) in [6.07, 6.45) is 3.16. The molecule has 0 saturated carbocycles. The monoisotopic (exact) mass is 477 g/mol. The van der Waals surface area contributed by atoms with Crippen molar-refractivity contribution in [1.82, 2.24) is 29.5 Å². The largest absolute Gasteiger partial charge is 0.490 e. The Morgan fingerprint density at radius 1 is 1.14 bits per heavy atom. The van der Waals surface area contributed by atoms with E-state index in [9.17, 15) is 9.18 Å². The van der Waals surface area contributed by atoms with Crippen LogP contribution in [0, 0.1) is 19.7 Å². The molecule has 3 aromatic heterocycles. The lowest BCUT2D eigenvalue weighted by Crippen LogP contribution is -2.24. The fourth-order valence-corrected chi connectivity index (χ4v) is 4.03. The summed E-state index contributed by atoms with van der Waals surface area (Å²) in [5, 5.41) is 11.7. The molecule has 0 radical (unpaired) electrons. The third kappa shape index (κ3) is 3.98. The summed E-state index contributed by atoms with van der Waals surface area (Å²) >= 11 is 0. The van der Waals surface area contributed by atoms with Crippen molar-refractivity contribution in [2.45, 2.75) is 20.4 Å². The number of amides is 1. The molecule has 0 fully saturated rings. The molecule has 1 amide bonds. The van der Waals surface area contributed by atoms with Crippen molar-refractivity contribution < 1.29 is 18.7 Å². The number of carbonyl (C=O) groups is 1. The lowest BCUT2D eigenvalue weighted by atomic mass is 10.1. The molecule has 0 spiro atoms. The molecular weight excluding hydrogens is 453 g/mol. The smallest absolute Gasteiger partial charge is 0.291 e. The van der Waals surface area contributed by atoms with E-state index in [0.29, 0.717) is 45.3 Å². The highest BCUT2D eigenvalue weighted by atomic mass is 19.1. The second kappa shape index (κ2) is 8.82. The van der Waals surface area contributed by atoms with Crippen LogP contribution in [0.5, 0.6) is 11.5 Å². The molecule has 0 unspecified atom stereocenters. The minimum atomic E-state index is -0.319. The van der Waals surface area contributed by atoms with Crippen molar-refractivity contribution in [3.05, 3.63) is 59.2 Å². The highest BCUT2D eigenvalue weighted by Crippen LogP contribution is 2.36. The van der Waals surface area contributed by atoms with Crippen LogP contribution < -0.4 is 14.8 Å². The van der Waals surface area contributed by atoms with Crippen LogP contribution in [0.1, 0.15) is 27.4 Å². The molecule has 1 N–H and O–H groups in total. The lowest BCUT2D eigenvalue weighted by Gasteiger charge is -2.17. The number of halogens is 1. The topological polar surface area (TPSA) is 107 Å². The molecule has 4 heterocycles. The van der Waals surface area contributed by atoms with E-state index in [-0.39, 0.29) is 37.3 Å². The first-order chi connectivity index (χ1) is 16.8. The van der Waals surface area contributed by atoms with Crippen molar-refractivity contribution in [1.29, 1.82) is 0 Å². The van der Waals surface area contributed by atoms with E-state index < -0.39 is 0 Å². The highest BCUT2D eigenvalue weighted by Gasteiger charge is 2.21. The number of nitrogens with zero attached hydrogens (tertiary/aromatic N) is 6. The predicted octanol–water partition coefficient (Wildman–Crippen LogP) is 3.03. The van der Waals surface area contributed by atoms with Crippen molar-refractivity contribution in [2.24, 2.45) is 0 Å². The van der Waals surface area contributed by atoms with Gasteiger partial charge in [0.25, 0.3) is 5.91 Å². The third-order valence-corrected chi connectivity index (χ3v) is 5.93. The number of aryl methyl sites for hydroxylation is 1. The van der Waals surface area contributed by atoms with Crippen molar-refractivity contribution in [3.63, 3.8) is 0 Å². The molecule has 0 saturated heterocycles. The number of anilines is 1. The standard InChI is InChI=1S/C24H24FN7O3/c1-13-16-10-27-23-20(35-8-7-34-19(13)6-5-18(16)25)9-15(22-30-28-12-32(22)23)17-11-26-21(29-14(17)2)24(33)31(3)4/h5-6,9,11-12,27H,7-8,10H2,1-4H3. The second-order valence-corrected chi connectivity index (χ2v) is 8.39. The van der Waals surface area contributed by atoms with E-state index in [0.717, 1.165) is 5.56 Å². The van der Waals surface area contributed by atoms with E-state index >= 15 is 0 Å². The van der Waals surface area contributed by atoms with Crippen LogP contribution in [0.15, 0.2) is 30.7 Å². The van der Waals surface area contributed by atoms with E-state index in [4.69, 9.17) is 9.47 Å². The molecule has 4 aromatic rings. The number of hydrogen-bond acceptors (Lipinski definition) is 8. The predicted molar refractivity (Wildman–Crippen MR) is 126 cm³/mol. The average Bonchev–Trinajstić information content (AvgIpc) is 3.32. The summed E-state index contributed by atoms with van der Waals surface area (Å²) in [5.74, 6) is 1.22. The molecule has 2 bridgehead atoms. The van der Waals surface area contributed by atoms with Gasteiger partial charge in [-0.3, -0.25) is 9.20 Å². The summed E-state index contributed by atoms with van der Waals surface area (Å²) in [6.45, 7) is 4.39. The normalized spacial score (nSPS) is 13.2. The lowest BCUT2D eigenvalue weighted by molar-refractivity contribution is 0.0815. The molecule has 5 rings (SSSR count). The number of fused-ring (bicyclic) bond motifs is 5. The van der Waals surface area contributed by atoms with Gasteiger partial charge in [-0.25, -0.2) is 14.4 Å². The van der Waals surface area contributed by atoms with Crippen LogP contribution >= 0.6 is 0 Å². The minimum absolute atomic E-state index is 0.109. The zero-order valence-corrected chi connectivity index (χ0v) is 19.8. The molecule has 35 heavy (non-hydrogen) atoms. The Morgan fingerprint density at radius 2 is 1.91 bits per heavy atom. The number of rotatable bonds is 2. The summed E-state index contributed by atoms with van der Waals surface area (Å²) in [7, 11) is 3.29. The molecule has 11 heteroatoms. The molecule has 1 aliphatic rings. The van der Waals surface area contributed by atoms with E-state index in [2.05, 4.69) is 25.5 Å². The summed E-state index contributed by atoms with van der Waals surface area (Å²) < 4.78 is 28.3. The number of hydrogen-bond donors (Lipinski definition) is 1. The number of ether oxygens (including phenoxy) is 2. The van der Waals surface area contributed by atoms with Crippen molar-refractivity contribution in [2.75, 3.05) is 32.6 Å². The van der Waals surface area contributed by atoms with Gasteiger partial charge in [-0.15, -0.1) is 10.2 Å². The van der Waals surface area contributed by atoms with Gasteiger partial charge in [-0.1, -0.05) is 0 Å². The Kier molecular flexibility index (Phi) is 5.67. The van der Waals surface area contributed by atoms with Gasteiger partial charge >= 0.3 is 0 Å². The molecule has 0 aliphatic carbocycles. The van der Waals surface area contributed by atoms with E-state index in [1.165, 1.54) is 11.0 Å². The van der Waals surface area contributed by atoms with Crippen molar-refractivity contribution in [3.8, 4) is 22.6 Å². The number of aromatic nitrogens is 5. The number of pyridine rings is 1. The van der Waals surface area contributed by atoms with Crippen LogP contribution in [0.4, 0.5) is 10.2 Å². The SMILES string of the molecule is Cc1nc(C(=O)N(C)C)ncc1-c1cc2c(n3cnnc13)NCc1c(F)ccc(c1C)OCCO2. The zero-order valence-electron chi connectivity index (χ0n) is 19.8. The van der Waals surface area contributed by atoms with Gasteiger partial charge < -0.3 is 19.7 Å². The van der Waals surface area contributed by atoms with Gasteiger partial charge in [0.05, 0.1) is 0 Å². The van der Waals surface area contributed by atoms with Crippen molar-refractivity contribution >= 4 is 17.4 Å². The highest BCUT2D eigenvalue weighted by molar-refractivity contribution is 5.91. The maximum Gasteiger partial charge on any atom is 0.291 e. The first kappa shape index (κ1) is 22.5. The third-order valence-electron chi connectivity index (χ3n) is 5.93. The first-order valence-corrected chi connectivity index (χ1v) is 11.0. The van der Waals surface area contributed by atoms with Gasteiger partial charge in [0.1, 0.15) is 31.1 Å². The molecule has 180 valence electrons. The fraction of sp³-hybridized carbons (Fsp3) is 0.292. The number of benzene rings is 1. The van der Waals surface area contributed by atoms with Gasteiger partial charge in [-0.05, 0) is 37.6 Å². The molecule has 0 atom stereocenters. The van der Waals surface area contributed by atoms with Gasteiger partial charge in [-0.2, -0.15) is 0 Å². The second-order valence-electron chi connectivity index (χ2n) is 8.39. The Labute approximate surface area is 200 Å². The molecule has 10 nitrogen and oxygen atoms in total. The minimum Gasteiger partial charge on any atom is -0.490 e. The number of carbonyl (C=O) groups excluding carboxylic acids is 1. The number of nitrogens with one attached hydrogen (secondary N) is 1. The maximum atomic E-state index is 14.6. The fourth-order valence-electron chi connectivity index (χ4n) is 4.03. The van der Waals surface area contributed by atoms with Crippen LogP contribution in [0.2, 0.25) is 0 Å². The van der Waals surface area contributed by atoms with E-state index in [1.54, 1.807) is 44.0 Å². The zero-order chi connectivity index (χ0) is 24.7. The van der Waals surface area contributed by atoms with E-state index in [1.807, 2.05) is 13.0 Å². The Hall–Kier alpha value is -4.28. The van der Waals surface area contributed by atoms with Gasteiger partial charge in [0.15, 0.2) is 17.2 Å². The molecular formula is C24H24FN7O3. The van der Waals surface area contributed by atoms with Gasteiger partial charge in [0.2, 0.25) is 5.82 Å². The van der Waals surface area contributed by atoms with Crippen LogP contribution in [0.25, 0.3) is 16.8 Å². The Morgan fingerprint density at radius 3 is 2.66 bits per heavy atom. The summed E-state index contributed by atoms with van der Waals surface area (Å²) in [4.78, 5) is 22.4. The summed E-state index contributed by atoms with van der Waals surface area (Å²) in [6, 6.07) is 4.86. The van der Waals surface area contributed by atoms with Crippen LogP contribution in [-0.4, -0.2) is 62.7 Å². The maximum absolute atomic E-state index is 14.6. The Bertz CT molecular complexity index is 1450. The van der Waals surface area contributed by atoms with Crippen LogP contribution in [-0.2, 0) is 6.54 Å². The first-order valence-electron chi connectivity index (χ1n) is 11.0. The van der Waals surface area contributed by atoms with Gasteiger partial charge in [0, 0.05) is 49.2 Å². The van der Waals surface area contributed by atoms with Crippen LogP contribution in [0.3, 0.4) is 0 Å². The average molecular weight is 478 g/mol. The molecule has 1 aromatic carbocycles.